The normalized spacial score (nSPS) is 18.1. The topological polar surface area (TPSA) is 24.5 Å². The van der Waals surface area contributed by atoms with Gasteiger partial charge >= 0.3 is 0 Å². The summed E-state index contributed by atoms with van der Waals surface area (Å²) in [5.74, 6) is 0. The Morgan fingerprint density at radius 3 is 2.95 bits per heavy atom. The number of nitrogens with zero attached hydrogens (tertiary/aromatic N) is 1. The lowest BCUT2D eigenvalue weighted by molar-refractivity contribution is 0.0846. The molecule has 3 heteroatoms. The molecule has 0 bridgehead atoms. The first-order valence-electron chi connectivity index (χ1n) is 7.28. The number of nitrogens with one attached hydrogen (secondary N) is 1. The fourth-order valence-corrected chi connectivity index (χ4v) is 2.43. The molecule has 1 aliphatic heterocycles. The van der Waals surface area contributed by atoms with Crippen molar-refractivity contribution in [2.24, 2.45) is 0 Å². The minimum atomic E-state index is 0.308. The number of hydrogen-bond donors (Lipinski definition) is 1. The summed E-state index contributed by atoms with van der Waals surface area (Å²) in [5.41, 5.74) is 4.02. The minimum Gasteiger partial charge on any atom is -0.382 e. The molecule has 1 aliphatic rings. The molecule has 1 N–H and O–H groups in total. The lowest BCUT2D eigenvalue weighted by Crippen LogP contribution is -2.25. The third-order valence-corrected chi connectivity index (χ3v) is 3.66. The molecule has 106 valence electrons. The number of anilines is 2. The van der Waals surface area contributed by atoms with Gasteiger partial charge in [-0.15, -0.1) is 0 Å². The standard InChI is InChI=1S/C16H26N2O/c1-12(2)19-10-9-18(4)15-7-8-16-14(11-15)6-5-13(3)17-16/h7-8,11-13,17H,5-6,9-10H2,1-4H3. The SMILES string of the molecule is CC1CCc2cc(N(C)CCOC(C)C)ccc2N1. The Balaban J connectivity index is 1.97. The van der Waals surface area contributed by atoms with Crippen LogP contribution in [0.2, 0.25) is 0 Å². The molecule has 1 atom stereocenters. The summed E-state index contributed by atoms with van der Waals surface area (Å²) in [7, 11) is 2.13. The van der Waals surface area contributed by atoms with Crippen molar-refractivity contribution in [3.63, 3.8) is 0 Å². The second kappa shape index (κ2) is 6.29. The minimum absolute atomic E-state index is 0.308. The largest absolute Gasteiger partial charge is 0.382 e. The van der Waals surface area contributed by atoms with Crippen LogP contribution in [0.5, 0.6) is 0 Å². The number of benzene rings is 1. The molecule has 0 aromatic heterocycles. The summed E-state index contributed by atoms with van der Waals surface area (Å²) in [6, 6.07) is 7.30. The third-order valence-electron chi connectivity index (χ3n) is 3.66. The van der Waals surface area contributed by atoms with Crippen LogP contribution in [0.4, 0.5) is 11.4 Å². The lowest BCUT2D eigenvalue weighted by atomic mass is 9.98. The highest BCUT2D eigenvalue weighted by Crippen LogP contribution is 2.28. The van der Waals surface area contributed by atoms with E-state index in [1.54, 1.807) is 0 Å². The third kappa shape index (κ3) is 3.87. The number of rotatable bonds is 5. The van der Waals surface area contributed by atoms with Crippen LogP contribution in [0.15, 0.2) is 18.2 Å². The molecule has 0 radical (unpaired) electrons. The van der Waals surface area contributed by atoms with E-state index in [0.29, 0.717) is 12.1 Å². The van der Waals surface area contributed by atoms with Crippen molar-refractivity contribution in [2.45, 2.75) is 45.8 Å². The fourth-order valence-electron chi connectivity index (χ4n) is 2.43. The maximum Gasteiger partial charge on any atom is 0.0644 e. The van der Waals surface area contributed by atoms with Gasteiger partial charge in [-0.3, -0.25) is 0 Å². The van der Waals surface area contributed by atoms with Gasteiger partial charge < -0.3 is 15.0 Å². The quantitative estimate of drug-likeness (QED) is 0.881. The smallest absolute Gasteiger partial charge is 0.0644 e. The molecule has 0 amide bonds. The Kier molecular flexibility index (Phi) is 4.70. The van der Waals surface area contributed by atoms with Crippen LogP contribution in [-0.2, 0) is 11.2 Å². The average molecular weight is 262 g/mol. The number of fused-ring (bicyclic) bond motifs is 1. The zero-order valence-electron chi connectivity index (χ0n) is 12.6. The first kappa shape index (κ1) is 14.2. The van der Waals surface area contributed by atoms with Gasteiger partial charge in [0.2, 0.25) is 0 Å². The molecule has 1 unspecified atom stereocenters. The molecule has 2 rings (SSSR count). The van der Waals surface area contributed by atoms with E-state index in [2.05, 4.69) is 56.2 Å². The molecule has 19 heavy (non-hydrogen) atoms. The monoisotopic (exact) mass is 262 g/mol. The highest BCUT2D eigenvalue weighted by Gasteiger charge is 2.14. The first-order chi connectivity index (χ1) is 9.06. The molecule has 1 heterocycles. The molecular formula is C16H26N2O. The van der Waals surface area contributed by atoms with Crippen LogP contribution in [-0.4, -0.2) is 32.3 Å². The van der Waals surface area contributed by atoms with Gasteiger partial charge in [-0.05, 0) is 57.4 Å². The van der Waals surface area contributed by atoms with Crippen LogP contribution < -0.4 is 10.2 Å². The number of aryl methyl sites for hydroxylation is 1. The van der Waals surface area contributed by atoms with E-state index in [-0.39, 0.29) is 0 Å². The summed E-state index contributed by atoms with van der Waals surface area (Å²) in [6.07, 6.45) is 2.70. The Morgan fingerprint density at radius 2 is 2.21 bits per heavy atom. The van der Waals surface area contributed by atoms with Gasteiger partial charge in [0.05, 0.1) is 12.7 Å². The zero-order valence-corrected chi connectivity index (χ0v) is 12.6. The molecule has 1 aromatic carbocycles. The molecular weight excluding hydrogens is 236 g/mol. The van der Waals surface area contributed by atoms with Crippen molar-refractivity contribution in [3.05, 3.63) is 23.8 Å². The molecule has 0 saturated carbocycles. The van der Waals surface area contributed by atoms with E-state index < -0.39 is 0 Å². The van der Waals surface area contributed by atoms with Gasteiger partial charge in [-0.1, -0.05) is 0 Å². The van der Waals surface area contributed by atoms with E-state index in [1.807, 2.05) is 0 Å². The predicted octanol–water partition coefficient (Wildman–Crippen LogP) is 3.29. The van der Waals surface area contributed by atoms with Gasteiger partial charge in [0.25, 0.3) is 0 Å². The Bertz CT molecular complexity index is 417. The van der Waals surface area contributed by atoms with E-state index in [4.69, 9.17) is 4.74 Å². The summed E-state index contributed by atoms with van der Waals surface area (Å²) < 4.78 is 5.61. The lowest BCUT2D eigenvalue weighted by Gasteiger charge is -2.27. The maximum absolute atomic E-state index is 5.61. The Morgan fingerprint density at radius 1 is 1.42 bits per heavy atom. The van der Waals surface area contributed by atoms with Crippen LogP contribution in [0.1, 0.15) is 32.8 Å². The van der Waals surface area contributed by atoms with Crippen molar-refractivity contribution < 1.29 is 4.74 Å². The number of hydrogen-bond acceptors (Lipinski definition) is 3. The summed E-state index contributed by atoms with van der Waals surface area (Å²) >= 11 is 0. The van der Waals surface area contributed by atoms with Gasteiger partial charge in [-0.25, -0.2) is 0 Å². The summed E-state index contributed by atoms with van der Waals surface area (Å²) in [4.78, 5) is 2.26. The van der Waals surface area contributed by atoms with Gasteiger partial charge in [0.1, 0.15) is 0 Å². The van der Waals surface area contributed by atoms with Crippen LogP contribution >= 0.6 is 0 Å². The van der Waals surface area contributed by atoms with Gasteiger partial charge in [-0.2, -0.15) is 0 Å². The molecule has 0 spiro atoms. The fraction of sp³-hybridized carbons (Fsp3) is 0.625. The average Bonchev–Trinajstić information content (AvgIpc) is 2.37. The second-order valence-corrected chi connectivity index (χ2v) is 5.77. The maximum atomic E-state index is 5.61. The van der Waals surface area contributed by atoms with Gasteiger partial charge in [0.15, 0.2) is 0 Å². The van der Waals surface area contributed by atoms with Crippen molar-refractivity contribution in [3.8, 4) is 0 Å². The summed E-state index contributed by atoms with van der Waals surface area (Å²) in [5, 5.41) is 3.54. The molecule has 3 nitrogen and oxygen atoms in total. The van der Waals surface area contributed by atoms with E-state index in [9.17, 15) is 0 Å². The molecule has 0 saturated heterocycles. The Labute approximate surface area is 116 Å². The molecule has 0 aliphatic carbocycles. The predicted molar refractivity (Wildman–Crippen MR) is 82.2 cm³/mol. The van der Waals surface area contributed by atoms with Crippen molar-refractivity contribution in [1.82, 2.24) is 0 Å². The van der Waals surface area contributed by atoms with Gasteiger partial charge in [0, 0.05) is 31.0 Å². The first-order valence-corrected chi connectivity index (χ1v) is 7.28. The van der Waals surface area contributed by atoms with Crippen molar-refractivity contribution >= 4 is 11.4 Å². The zero-order chi connectivity index (χ0) is 13.8. The highest BCUT2D eigenvalue weighted by atomic mass is 16.5. The Hall–Kier alpha value is -1.22. The number of likely N-dealkylation sites (N-methyl/N-ethyl adjacent to an activating group) is 1. The van der Waals surface area contributed by atoms with Crippen LogP contribution in [0.3, 0.4) is 0 Å². The summed E-state index contributed by atoms with van der Waals surface area (Å²) in [6.45, 7) is 8.10. The van der Waals surface area contributed by atoms with E-state index in [0.717, 1.165) is 13.2 Å². The van der Waals surface area contributed by atoms with Crippen LogP contribution in [0, 0.1) is 0 Å². The van der Waals surface area contributed by atoms with Crippen molar-refractivity contribution in [2.75, 3.05) is 30.4 Å². The number of ether oxygens (including phenoxy) is 1. The van der Waals surface area contributed by atoms with Crippen LogP contribution in [0.25, 0.3) is 0 Å². The second-order valence-electron chi connectivity index (χ2n) is 5.77. The van der Waals surface area contributed by atoms with E-state index in [1.165, 1.54) is 29.8 Å². The van der Waals surface area contributed by atoms with E-state index >= 15 is 0 Å². The molecule has 1 aromatic rings. The highest BCUT2D eigenvalue weighted by molar-refractivity contribution is 5.62. The molecule has 0 fully saturated rings. The van der Waals surface area contributed by atoms with Crippen molar-refractivity contribution in [1.29, 1.82) is 0 Å².